The summed E-state index contributed by atoms with van der Waals surface area (Å²) in [6.45, 7) is 1.26. The van der Waals surface area contributed by atoms with Crippen molar-refractivity contribution >= 4 is 45.5 Å². The number of benzene rings is 2. The number of carbonyl (C=O) groups excluding carboxylic acids is 2. The molecule has 0 fully saturated rings. The molecule has 3 rings (SSSR count). The fourth-order valence-electron chi connectivity index (χ4n) is 2.72. The lowest BCUT2D eigenvalue weighted by molar-refractivity contribution is -0.385. The van der Waals surface area contributed by atoms with E-state index in [9.17, 15) is 19.7 Å². The van der Waals surface area contributed by atoms with E-state index in [2.05, 4.69) is 20.9 Å². The van der Waals surface area contributed by atoms with Crippen molar-refractivity contribution < 1.29 is 33.5 Å². The highest BCUT2D eigenvalue weighted by Gasteiger charge is 2.27. The number of rotatable bonds is 6. The number of carbonyl (C=O) groups is 2. The van der Waals surface area contributed by atoms with E-state index in [1.54, 1.807) is 12.1 Å². The van der Waals surface area contributed by atoms with Gasteiger partial charge in [0.05, 0.1) is 23.6 Å². The molecule has 31 heavy (non-hydrogen) atoms. The molecule has 0 bridgehead atoms. The first kappa shape index (κ1) is 22.0. The van der Waals surface area contributed by atoms with Gasteiger partial charge in [-0.1, -0.05) is 0 Å². The quantitative estimate of drug-likeness (QED) is 0.197. The number of cyclic esters (lactones) is 1. The summed E-state index contributed by atoms with van der Waals surface area (Å²) < 4.78 is 20.9. The van der Waals surface area contributed by atoms with Crippen molar-refractivity contribution in [2.24, 2.45) is 4.99 Å². The zero-order valence-corrected chi connectivity index (χ0v) is 18.1. The molecule has 1 aliphatic heterocycles. The Hall–Kier alpha value is -3.73. The van der Waals surface area contributed by atoms with Crippen LogP contribution in [0.1, 0.15) is 18.1 Å². The van der Waals surface area contributed by atoms with Gasteiger partial charge in [-0.25, -0.2) is 9.79 Å². The predicted molar refractivity (Wildman–Crippen MR) is 112 cm³/mol. The molecule has 11 heteroatoms. The van der Waals surface area contributed by atoms with Gasteiger partial charge < -0.3 is 18.9 Å². The van der Waals surface area contributed by atoms with Crippen molar-refractivity contribution in [1.82, 2.24) is 0 Å². The van der Waals surface area contributed by atoms with E-state index in [1.165, 1.54) is 45.4 Å². The molecule has 0 N–H and O–H groups in total. The van der Waals surface area contributed by atoms with Crippen LogP contribution in [0.25, 0.3) is 6.08 Å². The van der Waals surface area contributed by atoms with Gasteiger partial charge in [-0.2, -0.15) is 0 Å². The van der Waals surface area contributed by atoms with Crippen LogP contribution in [0.5, 0.6) is 17.2 Å². The first-order valence-electron chi connectivity index (χ1n) is 8.64. The number of hydrogen-bond donors (Lipinski definition) is 0. The molecule has 0 spiro atoms. The van der Waals surface area contributed by atoms with Crippen molar-refractivity contribution in [3.8, 4) is 17.2 Å². The standard InChI is InChI=1S/C20H15BrN2O8/c1-10(24)30-18-13(21)6-11(8-17(18)29-3)7-14-20(25)31-19(22-14)12-4-5-16(28-2)15(9-12)23(26)27/h4-9H,1-3H3/b14-7-. The molecule has 1 aliphatic rings. The van der Waals surface area contributed by atoms with Crippen molar-refractivity contribution in [2.75, 3.05) is 14.2 Å². The Labute approximate surface area is 184 Å². The lowest BCUT2D eigenvalue weighted by Gasteiger charge is -2.11. The average Bonchev–Trinajstić information content (AvgIpc) is 3.09. The number of hydrogen-bond acceptors (Lipinski definition) is 9. The van der Waals surface area contributed by atoms with E-state index >= 15 is 0 Å². The van der Waals surface area contributed by atoms with Crippen LogP contribution >= 0.6 is 15.9 Å². The summed E-state index contributed by atoms with van der Waals surface area (Å²) in [6.07, 6.45) is 1.44. The van der Waals surface area contributed by atoms with E-state index in [0.29, 0.717) is 10.0 Å². The average molecular weight is 491 g/mol. The normalized spacial score (nSPS) is 14.1. The molecule has 0 aromatic heterocycles. The summed E-state index contributed by atoms with van der Waals surface area (Å²) in [7, 11) is 2.72. The number of ether oxygens (including phenoxy) is 4. The first-order chi connectivity index (χ1) is 14.7. The van der Waals surface area contributed by atoms with Gasteiger partial charge in [-0.05, 0) is 51.8 Å². The van der Waals surface area contributed by atoms with Gasteiger partial charge in [0.15, 0.2) is 22.9 Å². The summed E-state index contributed by atoms with van der Waals surface area (Å²) >= 11 is 3.30. The third kappa shape index (κ3) is 4.72. The summed E-state index contributed by atoms with van der Waals surface area (Å²) in [5.74, 6) is -0.803. The maximum atomic E-state index is 12.3. The Balaban J connectivity index is 1.99. The molecule has 0 atom stereocenters. The number of aliphatic imine (C=N–C) groups is 1. The van der Waals surface area contributed by atoms with Gasteiger partial charge in [-0.15, -0.1) is 0 Å². The van der Waals surface area contributed by atoms with Crippen LogP contribution in [0.3, 0.4) is 0 Å². The maximum Gasteiger partial charge on any atom is 0.363 e. The van der Waals surface area contributed by atoms with Crippen LogP contribution in [-0.4, -0.2) is 37.0 Å². The monoisotopic (exact) mass is 490 g/mol. The number of nitro groups is 1. The van der Waals surface area contributed by atoms with Gasteiger partial charge in [0.25, 0.3) is 0 Å². The highest BCUT2D eigenvalue weighted by Crippen LogP contribution is 2.38. The second kappa shape index (κ2) is 8.96. The molecule has 0 unspecified atom stereocenters. The number of nitrogens with zero attached hydrogens (tertiary/aromatic N) is 2. The Morgan fingerprint density at radius 2 is 1.90 bits per heavy atom. The van der Waals surface area contributed by atoms with Crippen LogP contribution in [0.15, 0.2) is 45.5 Å². The number of methoxy groups -OCH3 is 2. The third-order valence-electron chi connectivity index (χ3n) is 4.04. The van der Waals surface area contributed by atoms with Crippen molar-refractivity contribution in [2.45, 2.75) is 6.92 Å². The van der Waals surface area contributed by atoms with Crippen LogP contribution in [0.2, 0.25) is 0 Å². The largest absolute Gasteiger partial charge is 0.493 e. The molecule has 10 nitrogen and oxygen atoms in total. The number of nitro benzene ring substituents is 1. The molecule has 2 aromatic rings. The second-order valence-corrected chi connectivity index (χ2v) is 6.96. The topological polar surface area (TPSA) is 127 Å². The number of halogens is 1. The van der Waals surface area contributed by atoms with E-state index in [-0.39, 0.29) is 40.1 Å². The van der Waals surface area contributed by atoms with E-state index in [4.69, 9.17) is 18.9 Å². The first-order valence-corrected chi connectivity index (χ1v) is 9.44. The zero-order valence-electron chi connectivity index (χ0n) is 16.5. The minimum absolute atomic E-state index is 0.0253. The van der Waals surface area contributed by atoms with E-state index in [0.717, 1.165) is 0 Å². The molecule has 0 aliphatic carbocycles. The SMILES string of the molecule is COc1ccc(C2=N/C(=C\c3cc(Br)c(OC(C)=O)c(OC)c3)C(=O)O2)cc1[N+](=O)[O-]. The highest BCUT2D eigenvalue weighted by atomic mass is 79.9. The molecule has 0 saturated heterocycles. The minimum Gasteiger partial charge on any atom is -0.493 e. The Kier molecular flexibility index (Phi) is 6.35. The van der Waals surface area contributed by atoms with E-state index < -0.39 is 16.9 Å². The summed E-state index contributed by atoms with van der Waals surface area (Å²) in [5, 5.41) is 11.2. The lowest BCUT2D eigenvalue weighted by atomic mass is 10.1. The maximum absolute atomic E-state index is 12.3. The van der Waals surface area contributed by atoms with Crippen molar-refractivity contribution in [3.63, 3.8) is 0 Å². The molecular weight excluding hydrogens is 476 g/mol. The van der Waals surface area contributed by atoms with Crippen LogP contribution in [-0.2, 0) is 14.3 Å². The third-order valence-corrected chi connectivity index (χ3v) is 4.63. The van der Waals surface area contributed by atoms with Crippen molar-refractivity contribution in [3.05, 3.63) is 61.7 Å². The fourth-order valence-corrected chi connectivity index (χ4v) is 3.26. The summed E-state index contributed by atoms with van der Waals surface area (Å²) in [5.41, 5.74) is 0.444. The van der Waals surface area contributed by atoms with Gasteiger partial charge in [-0.3, -0.25) is 14.9 Å². The second-order valence-electron chi connectivity index (χ2n) is 6.11. The fraction of sp³-hybridized carbons (Fsp3) is 0.150. The number of esters is 2. The Bertz CT molecular complexity index is 1160. The van der Waals surface area contributed by atoms with Gasteiger partial charge in [0, 0.05) is 18.6 Å². The molecule has 0 amide bonds. The summed E-state index contributed by atoms with van der Waals surface area (Å²) in [6, 6.07) is 7.25. The molecule has 0 radical (unpaired) electrons. The minimum atomic E-state index is -0.729. The van der Waals surface area contributed by atoms with Gasteiger partial charge >= 0.3 is 17.6 Å². The lowest BCUT2D eigenvalue weighted by Crippen LogP contribution is -2.06. The smallest absolute Gasteiger partial charge is 0.363 e. The van der Waals surface area contributed by atoms with E-state index in [1.807, 2.05) is 0 Å². The highest BCUT2D eigenvalue weighted by molar-refractivity contribution is 9.10. The van der Waals surface area contributed by atoms with Crippen LogP contribution in [0, 0.1) is 10.1 Å². The predicted octanol–water partition coefficient (Wildman–Crippen LogP) is 3.64. The summed E-state index contributed by atoms with van der Waals surface area (Å²) in [4.78, 5) is 38.3. The van der Waals surface area contributed by atoms with Crippen molar-refractivity contribution in [1.29, 1.82) is 0 Å². The molecule has 1 heterocycles. The zero-order chi connectivity index (χ0) is 22.7. The Morgan fingerprint density at radius 1 is 1.19 bits per heavy atom. The van der Waals surface area contributed by atoms with Crippen LogP contribution < -0.4 is 14.2 Å². The Morgan fingerprint density at radius 3 is 2.52 bits per heavy atom. The molecule has 2 aromatic carbocycles. The van der Waals surface area contributed by atoms with Gasteiger partial charge in [0.1, 0.15) is 0 Å². The van der Waals surface area contributed by atoms with Gasteiger partial charge in [0.2, 0.25) is 5.90 Å². The van der Waals surface area contributed by atoms with Crippen LogP contribution in [0.4, 0.5) is 5.69 Å². The molecular formula is C20H15BrN2O8. The molecule has 0 saturated carbocycles. The molecule has 160 valence electrons.